The molecule has 1 unspecified atom stereocenters. The van der Waals surface area contributed by atoms with Crippen molar-refractivity contribution in [3.05, 3.63) is 11.9 Å². The van der Waals surface area contributed by atoms with E-state index in [2.05, 4.69) is 20.9 Å². The Hall–Kier alpha value is -1.96. The lowest BCUT2D eigenvalue weighted by atomic mass is 10.1. The van der Waals surface area contributed by atoms with Gasteiger partial charge in [-0.15, -0.1) is 5.10 Å². The van der Waals surface area contributed by atoms with Crippen molar-refractivity contribution >= 4 is 11.8 Å². The highest BCUT2D eigenvalue weighted by atomic mass is 16.2. The van der Waals surface area contributed by atoms with Gasteiger partial charge in [-0.2, -0.15) is 0 Å². The summed E-state index contributed by atoms with van der Waals surface area (Å²) in [7, 11) is 0. The van der Waals surface area contributed by atoms with E-state index in [9.17, 15) is 9.59 Å². The van der Waals surface area contributed by atoms with E-state index in [4.69, 9.17) is 5.73 Å². The SMILES string of the molecule is CC(NC(=O)Cn1cc(CN)nn1)C(=O)NC(C)(C)C. The first-order valence-corrected chi connectivity index (χ1v) is 6.42. The van der Waals surface area contributed by atoms with Crippen LogP contribution in [0.25, 0.3) is 0 Å². The van der Waals surface area contributed by atoms with E-state index >= 15 is 0 Å². The first-order chi connectivity index (χ1) is 9.21. The van der Waals surface area contributed by atoms with Gasteiger partial charge in [-0.1, -0.05) is 5.21 Å². The molecule has 0 fully saturated rings. The molecule has 4 N–H and O–H groups in total. The van der Waals surface area contributed by atoms with E-state index in [1.165, 1.54) is 4.68 Å². The predicted octanol–water partition coefficient (Wildman–Crippen LogP) is -0.844. The lowest BCUT2D eigenvalue weighted by molar-refractivity contribution is -0.129. The van der Waals surface area contributed by atoms with Crippen LogP contribution in [-0.2, 0) is 22.7 Å². The van der Waals surface area contributed by atoms with E-state index < -0.39 is 6.04 Å². The highest BCUT2D eigenvalue weighted by Crippen LogP contribution is 1.99. The van der Waals surface area contributed by atoms with E-state index in [0.717, 1.165) is 0 Å². The number of hydrogen-bond acceptors (Lipinski definition) is 5. The fourth-order valence-electron chi connectivity index (χ4n) is 1.49. The molecule has 1 aromatic heterocycles. The number of nitrogens with zero attached hydrogens (tertiary/aromatic N) is 3. The molecular formula is C12H22N6O2. The third-order valence-electron chi connectivity index (χ3n) is 2.37. The maximum atomic E-state index is 11.8. The van der Waals surface area contributed by atoms with E-state index in [-0.39, 0.29) is 30.4 Å². The molecule has 2 amide bonds. The lowest BCUT2D eigenvalue weighted by Gasteiger charge is -2.23. The smallest absolute Gasteiger partial charge is 0.242 e. The number of nitrogens with two attached hydrogens (primary N) is 1. The van der Waals surface area contributed by atoms with Crippen LogP contribution in [0.5, 0.6) is 0 Å². The molecule has 1 aromatic rings. The first kappa shape index (κ1) is 16.1. The lowest BCUT2D eigenvalue weighted by Crippen LogP contribution is -2.51. The van der Waals surface area contributed by atoms with E-state index in [1.807, 2.05) is 20.8 Å². The van der Waals surface area contributed by atoms with E-state index in [0.29, 0.717) is 5.69 Å². The number of carbonyl (C=O) groups excluding carboxylic acids is 2. The van der Waals surface area contributed by atoms with Gasteiger partial charge >= 0.3 is 0 Å². The topological polar surface area (TPSA) is 115 Å². The Morgan fingerprint density at radius 3 is 2.60 bits per heavy atom. The van der Waals surface area contributed by atoms with Crippen molar-refractivity contribution in [3.8, 4) is 0 Å². The molecule has 1 atom stereocenters. The zero-order valence-corrected chi connectivity index (χ0v) is 12.3. The number of nitrogens with one attached hydrogen (secondary N) is 2. The Bertz CT molecular complexity index is 477. The summed E-state index contributed by atoms with van der Waals surface area (Å²) in [5, 5.41) is 12.9. The molecule has 0 saturated carbocycles. The molecule has 0 aliphatic heterocycles. The largest absolute Gasteiger partial charge is 0.350 e. The maximum absolute atomic E-state index is 11.8. The average Bonchev–Trinajstić information content (AvgIpc) is 2.74. The highest BCUT2D eigenvalue weighted by molar-refractivity contribution is 5.87. The highest BCUT2D eigenvalue weighted by Gasteiger charge is 2.20. The molecule has 112 valence electrons. The van der Waals surface area contributed by atoms with Crippen LogP contribution in [-0.4, -0.2) is 38.4 Å². The maximum Gasteiger partial charge on any atom is 0.242 e. The van der Waals surface area contributed by atoms with Crippen LogP contribution in [0, 0.1) is 0 Å². The molecule has 0 aliphatic carbocycles. The molecule has 0 aromatic carbocycles. The number of aromatic nitrogens is 3. The van der Waals surface area contributed by atoms with Crippen molar-refractivity contribution < 1.29 is 9.59 Å². The molecule has 1 rings (SSSR count). The number of hydrogen-bond donors (Lipinski definition) is 3. The molecule has 8 heteroatoms. The minimum Gasteiger partial charge on any atom is -0.350 e. The van der Waals surface area contributed by atoms with Crippen LogP contribution >= 0.6 is 0 Å². The van der Waals surface area contributed by atoms with Crippen LogP contribution in [0.3, 0.4) is 0 Å². The van der Waals surface area contributed by atoms with Crippen LogP contribution in [0.1, 0.15) is 33.4 Å². The number of carbonyl (C=O) groups is 2. The first-order valence-electron chi connectivity index (χ1n) is 6.42. The van der Waals surface area contributed by atoms with Crippen molar-refractivity contribution in [2.24, 2.45) is 5.73 Å². The van der Waals surface area contributed by atoms with E-state index in [1.54, 1.807) is 13.1 Å². The minimum atomic E-state index is -0.612. The molecule has 1 heterocycles. The molecule has 0 radical (unpaired) electrons. The molecule has 0 aliphatic rings. The summed E-state index contributed by atoms with van der Waals surface area (Å²) in [6, 6.07) is -0.612. The zero-order valence-electron chi connectivity index (χ0n) is 12.3. The van der Waals surface area contributed by atoms with Gasteiger partial charge in [0, 0.05) is 12.1 Å². The van der Waals surface area contributed by atoms with Crippen molar-refractivity contribution in [2.75, 3.05) is 0 Å². The minimum absolute atomic E-state index is 0.000137. The number of amides is 2. The normalized spacial score (nSPS) is 12.8. The Kier molecular flexibility index (Phi) is 5.20. The summed E-state index contributed by atoms with van der Waals surface area (Å²) in [6.45, 7) is 7.54. The summed E-state index contributed by atoms with van der Waals surface area (Å²) in [6.07, 6.45) is 1.60. The summed E-state index contributed by atoms with van der Waals surface area (Å²) in [4.78, 5) is 23.6. The monoisotopic (exact) mass is 282 g/mol. The fraction of sp³-hybridized carbons (Fsp3) is 0.667. The zero-order chi connectivity index (χ0) is 15.3. The molecule has 20 heavy (non-hydrogen) atoms. The summed E-state index contributed by atoms with van der Waals surface area (Å²) in [5.41, 5.74) is 5.68. The summed E-state index contributed by atoms with van der Waals surface area (Å²) in [5.74, 6) is -0.540. The second-order valence-corrected chi connectivity index (χ2v) is 5.64. The van der Waals surface area contributed by atoms with Gasteiger partial charge in [-0.3, -0.25) is 9.59 Å². The van der Waals surface area contributed by atoms with Gasteiger partial charge in [0.2, 0.25) is 11.8 Å². The summed E-state index contributed by atoms with van der Waals surface area (Å²) < 4.78 is 1.38. The third-order valence-corrected chi connectivity index (χ3v) is 2.37. The van der Waals surface area contributed by atoms with Gasteiger partial charge in [0.05, 0.1) is 11.9 Å². The summed E-state index contributed by atoms with van der Waals surface area (Å²) >= 11 is 0. The Labute approximate surface area is 118 Å². The van der Waals surface area contributed by atoms with Crippen molar-refractivity contribution in [1.29, 1.82) is 0 Å². The molecule has 8 nitrogen and oxygen atoms in total. The van der Waals surface area contributed by atoms with Gasteiger partial charge in [-0.05, 0) is 27.7 Å². The Morgan fingerprint density at radius 1 is 1.45 bits per heavy atom. The van der Waals surface area contributed by atoms with Gasteiger partial charge in [0.25, 0.3) is 0 Å². The third kappa shape index (κ3) is 5.35. The van der Waals surface area contributed by atoms with Gasteiger partial charge in [0.1, 0.15) is 12.6 Å². The van der Waals surface area contributed by atoms with Gasteiger partial charge in [-0.25, -0.2) is 4.68 Å². The molecule has 0 saturated heterocycles. The number of rotatable bonds is 5. The standard InChI is InChI=1S/C12H22N6O2/c1-8(11(20)15-12(2,3)4)14-10(19)7-18-6-9(5-13)16-17-18/h6,8H,5,7,13H2,1-4H3,(H,14,19)(H,15,20). The van der Waals surface area contributed by atoms with Gasteiger partial charge in [0.15, 0.2) is 0 Å². The second-order valence-electron chi connectivity index (χ2n) is 5.64. The quantitative estimate of drug-likeness (QED) is 0.651. The van der Waals surface area contributed by atoms with Crippen LogP contribution in [0.15, 0.2) is 6.20 Å². The molecule has 0 bridgehead atoms. The molecular weight excluding hydrogens is 260 g/mol. The molecule has 0 spiro atoms. The van der Waals surface area contributed by atoms with Crippen LogP contribution < -0.4 is 16.4 Å². The van der Waals surface area contributed by atoms with Crippen LogP contribution in [0.2, 0.25) is 0 Å². The Morgan fingerprint density at radius 2 is 2.10 bits per heavy atom. The van der Waals surface area contributed by atoms with Crippen molar-refractivity contribution in [2.45, 2.75) is 52.4 Å². The van der Waals surface area contributed by atoms with Crippen molar-refractivity contribution in [1.82, 2.24) is 25.6 Å². The van der Waals surface area contributed by atoms with Crippen molar-refractivity contribution in [3.63, 3.8) is 0 Å². The Balaban J connectivity index is 2.47. The average molecular weight is 282 g/mol. The predicted molar refractivity (Wildman–Crippen MR) is 73.4 cm³/mol. The fourth-order valence-corrected chi connectivity index (χ4v) is 1.49. The second kappa shape index (κ2) is 6.47. The van der Waals surface area contributed by atoms with Crippen LogP contribution in [0.4, 0.5) is 0 Å². The van der Waals surface area contributed by atoms with Gasteiger partial charge < -0.3 is 16.4 Å².